The van der Waals surface area contributed by atoms with E-state index < -0.39 is 5.91 Å². The monoisotopic (exact) mass is 308 g/mol. The van der Waals surface area contributed by atoms with Crippen molar-refractivity contribution in [3.63, 3.8) is 0 Å². The van der Waals surface area contributed by atoms with Gasteiger partial charge in [-0.1, -0.05) is 23.7 Å². The minimum absolute atomic E-state index is 0.239. The van der Waals surface area contributed by atoms with Gasteiger partial charge in [0, 0.05) is 6.42 Å². The number of thiophene rings is 1. The molecule has 0 atom stereocenters. The zero-order chi connectivity index (χ0) is 14.4. The Balaban J connectivity index is 1.78. The molecule has 0 aliphatic carbocycles. The number of halogens is 1. The molecule has 104 valence electrons. The molecular weight excluding hydrogens is 296 g/mol. The summed E-state index contributed by atoms with van der Waals surface area (Å²) in [5.41, 5.74) is 6.17. The van der Waals surface area contributed by atoms with Gasteiger partial charge in [-0.3, -0.25) is 20.4 Å². The Morgan fingerprint density at radius 3 is 2.65 bits per heavy atom. The summed E-state index contributed by atoms with van der Waals surface area (Å²) >= 11 is 7.48. The van der Waals surface area contributed by atoms with Crippen LogP contribution in [0.2, 0.25) is 5.02 Å². The van der Waals surface area contributed by atoms with Gasteiger partial charge in [-0.2, -0.15) is 11.3 Å². The molecule has 1 aromatic heterocycles. The highest BCUT2D eigenvalue weighted by atomic mass is 35.5. The minimum atomic E-state index is -0.431. The van der Waals surface area contributed by atoms with Crippen LogP contribution in [-0.4, -0.2) is 11.8 Å². The molecule has 0 radical (unpaired) electrons. The molecule has 4 nitrogen and oxygen atoms in total. The van der Waals surface area contributed by atoms with E-state index in [4.69, 9.17) is 11.6 Å². The summed E-state index contributed by atoms with van der Waals surface area (Å²) in [5.74, 6) is -0.670. The van der Waals surface area contributed by atoms with E-state index >= 15 is 0 Å². The van der Waals surface area contributed by atoms with Crippen molar-refractivity contribution in [2.24, 2.45) is 0 Å². The SMILES string of the molecule is O=C(CCc1ccsc1)NNC(=O)c1ccccc1Cl. The molecule has 2 amide bonds. The van der Waals surface area contributed by atoms with Crippen LogP contribution in [0.25, 0.3) is 0 Å². The molecule has 0 aliphatic rings. The Morgan fingerprint density at radius 1 is 1.15 bits per heavy atom. The normalized spacial score (nSPS) is 10.1. The molecule has 2 aromatic rings. The Bertz CT molecular complexity index is 599. The standard InChI is InChI=1S/C14H13ClN2O2S/c15-12-4-2-1-3-11(12)14(19)17-16-13(18)6-5-10-7-8-20-9-10/h1-4,7-9H,5-6H2,(H,16,18)(H,17,19). The molecule has 6 heteroatoms. The Hall–Kier alpha value is -1.85. The van der Waals surface area contributed by atoms with E-state index in [1.165, 1.54) is 0 Å². The van der Waals surface area contributed by atoms with E-state index in [9.17, 15) is 9.59 Å². The fraction of sp³-hybridized carbons (Fsp3) is 0.143. The summed E-state index contributed by atoms with van der Waals surface area (Å²) in [5, 5.41) is 4.31. The highest BCUT2D eigenvalue weighted by molar-refractivity contribution is 7.07. The quantitative estimate of drug-likeness (QED) is 0.853. The molecule has 0 saturated heterocycles. The van der Waals surface area contributed by atoms with E-state index in [1.807, 2.05) is 16.8 Å². The lowest BCUT2D eigenvalue weighted by Gasteiger charge is -2.08. The number of hydrogen-bond donors (Lipinski definition) is 2. The average Bonchev–Trinajstić information content (AvgIpc) is 2.96. The first-order valence-corrected chi connectivity index (χ1v) is 7.33. The number of carbonyl (C=O) groups is 2. The van der Waals surface area contributed by atoms with Crippen molar-refractivity contribution in [2.75, 3.05) is 0 Å². The van der Waals surface area contributed by atoms with E-state index in [-0.39, 0.29) is 5.91 Å². The molecule has 20 heavy (non-hydrogen) atoms. The van der Waals surface area contributed by atoms with Crippen molar-refractivity contribution in [1.29, 1.82) is 0 Å². The van der Waals surface area contributed by atoms with E-state index in [2.05, 4.69) is 10.9 Å². The van der Waals surface area contributed by atoms with Gasteiger partial charge in [-0.25, -0.2) is 0 Å². The van der Waals surface area contributed by atoms with Crippen molar-refractivity contribution >= 4 is 34.8 Å². The van der Waals surface area contributed by atoms with E-state index in [0.717, 1.165) is 5.56 Å². The Kier molecular flexibility index (Phi) is 5.15. The van der Waals surface area contributed by atoms with Crippen LogP contribution in [0, 0.1) is 0 Å². The van der Waals surface area contributed by atoms with Gasteiger partial charge in [0.25, 0.3) is 5.91 Å². The molecule has 2 rings (SSSR count). The molecule has 0 fully saturated rings. The highest BCUT2D eigenvalue weighted by Gasteiger charge is 2.10. The maximum Gasteiger partial charge on any atom is 0.271 e. The van der Waals surface area contributed by atoms with Crippen LogP contribution in [0.5, 0.6) is 0 Å². The summed E-state index contributed by atoms with van der Waals surface area (Å²) in [6.45, 7) is 0. The number of carbonyl (C=O) groups excluding carboxylic acids is 2. The highest BCUT2D eigenvalue weighted by Crippen LogP contribution is 2.14. The minimum Gasteiger partial charge on any atom is -0.273 e. The van der Waals surface area contributed by atoms with Crippen molar-refractivity contribution < 1.29 is 9.59 Å². The van der Waals surface area contributed by atoms with Crippen LogP contribution < -0.4 is 10.9 Å². The Morgan fingerprint density at radius 2 is 1.95 bits per heavy atom. The number of benzene rings is 1. The molecule has 1 heterocycles. The molecule has 1 aromatic carbocycles. The number of amides is 2. The maximum absolute atomic E-state index is 11.8. The van der Waals surface area contributed by atoms with E-state index in [0.29, 0.717) is 23.4 Å². The summed E-state index contributed by atoms with van der Waals surface area (Å²) in [7, 11) is 0. The lowest BCUT2D eigenvalue weighted by molar-refractivity contribution is -0.121. The van der Waals surface area contributed by atoms with Crippen LogP contribution in [-0.2, 0) is 11.2 Å². The molecule has 0 spiro atoms. The fourth-order valence-electron chi connectivity index (χ4n) is 1.59. The molecule has 0 bridgehead atoms. The molecule has 0 saturated carbocycles. The van der Waals surface area contributed by atoms with Crippen molar-refractivity contribution in [2.45, 2.75) is 12.8 Å². The second-order valence-electron chi connectivity index (χ2n) is 4.11. The van der Waals surface area contributed by atoms with Gasteiger partial charge >= 0.3 is 0 Å². The van der Waals surface area contributed by atoms with Gasteiger partial charge in [0.2, 0.25) is 5.91 Å². The summed E-state index contributed by atoms with van der Waals surface area (Å²) in [6.07, 6.45) is 0.969. The van der Waals surface area contributed by atoms with Gasteiger partial charge in [0.1, 0.15) is 0 Å². The third kappa shape index (κ3) is 4.08. The first-order valence-electron chi connectivity index (χ1n) is 6.01. The second kappa shape index (κ2) is 7.07. The van der Waals surface area contributed by atoms with Crippen LogP contribution in [0.15, 0.2) is 41.1 Å². The van der Waals surface area contributed by atoms with E-state index in [1.54, 1.807) is 35.6 Å². The van der Waals surface area contributed by atoms with Gasteiger partial charge in [0.05, 0.1) is 10.6 Å². The van der Waals surface area contributed by atoms with Crippen molar-refractivity contribution in [1.82, 2.24) is 10.9 Å². The average molecular weight is 309 g/mol. The van der Waals surface area contributed by atoms with Gasteiger partial charge < -0.3 is 0 Å². The van der Waals surface area contributed by atoms with Crippen molar-refractivity contribution in [3.8, 4) is 0 Å². The number of rotatable bonds is 4. The predicted octanol–water partition coefficient (Wildman–Crippen LogP) is 2.80. The first-order chi connectivity index (χ1) is 9.66. The number of nitrogens with one attached hydrogen (secondary N) is 2. The van der Waals surface area contributed by atoms with Crippen LogP contribution in [0.1, 0.15) is 22.3 Å². The molecular formula is C14H13ClN2O2S. The topological polar surface area (TPSA) is 58.2 Å². The number of aryl methyl sites for hydroxylation is 1. The lowest BCUT2D eigenvalue weighted by Crippen LogP contribution is -2.41. The third-order valence-corrected chi connectivity index (χ3v) is 3.72. The lowest BCUT2D eigenvalue weighted by atomic mass is 10.2. The third-order valence-electron chi connectivity index (χ3n) is 2.65. The largest absolute Gasteiger partial charge is 0.273 e. The smallest absolute Gasteiger partial charge is 0.271 e. The number of hydrogen-bond acceptors (Lipinski definition) is 3. The predicted molar refractivity (Wildman–Crippen MR) is 79.7 cm³/mol. The van der Waals surface area contributed by atoms with Crippen molar-refractivity contribution in [3.05, 3.63) is 57.2 Å². The molecule has 0 aliphatic heterocycles. The zero-order valence-corrected chi connectivity index (χ0v) is 12.1. The summed E-state index contributed by atoms with van der Waals surface area (Å²) < 4.78 is 0. The van der Waals surface area contributed by atoms with Crippen LogP contribution in [0.4, 0.5) is 0 Å². The maximum atomic E-state index is 11.8. The Labute approximate surface area is 125 Å². The first kappa shape index (κ1) is 14.6. The fourth-order valence-corrected chi connectivity index (χ4v) is 2.52. The van der Waals surface area contributed by atoms with Gasteiger partial charge in [-0.05, 0) is 40.9 Å². The molecule has 0 unspecified atom stereocenters. The van der Waals surface area contributed by atoms with Gasteiger partial charge in [0.15, 0.2) is 0 Å². The van der Waals surface area contributed by atoms with Gasteiger partial charge in [-0.15, -0.1) is 0 Å². The summed E-state index contributed by atoms with van der Waals surface area (Å²) in [4.78, 5) is 23.4. The summed E-state index contributed by atoms with van der Waals surface area (Å²) in [6, 6.07) is 8.63. The number of hydrazine groups is 1. The second-order valence-corrected chi connectivity index (χ2v) is 5.30. The zero-order valence-electron chi connectivity index (χ0n) is 10.6. The van der Waals surface area contributed by atoms with Crippen LogP contribution >= 0.6 is 22.9 Å². The molecule has 2 N–H and O–H groups in total. The van der Waals surface area contributed by atoms with Crippen LogP contribution in [0.3, 0.4) is 0 Å².